The van der Waals surface area contributed by atoms with Crippen LogP contribution in [0.4, 0.5) is 5.69 Å². The molecule has 1 aliphatic carbocycles. The van der Waals surface area contributed by atoms with E-state index in [1.807, 2.05) is 18.2 Å². The average molecular weight is 434 g/mol. The van der Waals surface area contributed by atoms with Crippen molar-refractivity contribution < 1.29 is 14.4 Å². The highest BCUT2D eigenvalue weighted by atomic mass is 16.2. The SMILES string of the molecule is CC(=O)C(=N)c1cnccc1NCC(=O)N1CCC[C@H]1C(=O)NC1CC1c1ccccc1. The predicted molar refractivity (Wildman–Crippen MR) is 121 cm³/mol. The van der Waals surface area contributed by atoms with E-state index in [4.69, 9.17) is 5.41 Å². The first kappa shape index (κ1) is 21.7. The lowest BCUT2D eigenvalue weighted by Gasteiger charge is -2.24. The second-order valence-corrected chi connectivity index (χ2v) is 8.32. The maximum Gasteiger partial charge on any atom is 0.243 e. The molecule has 1 saturated carbocycles. The molecule has 8 heteroatoms. The first-order valence-corrected chi connectivity index (χ1v) is 10.9. The fourth-order valence-electron chi connectivity index (χ4n) is 4.25. The van der Waals surface area contributed by atoms with Crippen LogP contribution in [0.25, 0.3) is 0 Å². The summed E-state index contributed by atoms with van der Waals surface area (Å²) in [5, 5.41) is 14.1. The van der Waals surface area contributed by atoms with Crippen LogP contribution in [0.1, 0.15) is 43.2 Å². The summed E-state index contributed by atoms with van der Waals surface area (Å²) in [4.78, 5) is 42.9. The van der Waals surface area contributed by atoms with E-state index < -0.39 is 6.04 Å². The minimum absolute atomic E-state index is 0.0257. The van der Waals surface area contributed by atoms with Gasteiger partial charge in [0.15, 0.2) is 5.78 Å². The maximum atomic E-state index is 12.9. The Bertz CT molecular complexity index is 1040. The van der Waals surface area contributed by atoms with Crippen molar-refractivity contribution in [1.29, 1.82) is 5.41 Å². The number of hydrogen-bond acceptors (Lipinski definition) is 6. The number of amides is 2. The van der Waals surface area contributed by atoms with Crippen LogP contribution < -0.4 is 10.6 Å². The van der Waals surface area contributed by atoms with Crippen molar-refractivity contribution in [2.24, 2.45) is 0 Å². The maximum absolute atomic E-state index is 12.9. The minimum atomic E-state index is -0.464. The molecule has 2 aliphatic rings. The van der Waals surface area contributed by atoms with Crippen molar-refractivity contribution in [2.45, 2.75) is 44.2 Å². The number of benzene rings is 1. The van der Waals surface area contributed by atoms with Crippen molar-refractivity contribution in [2.75, 3.05) is 18.4 Å². The molecule has 2 heterocycles. The molecule has 0 radical (unpaired) electrons. The fraction of sp³-hybridized carbons (Fsp3) is 0.375. The summed E-state index contributed by atoms with van der Waals surface area (Å²) in [7, 11) is 0. The molecule has 32 heavy (non-hydrogen) atoms. The van der Waals surface area contributed by atoms with Gasteiger partial charge in [0.2, 0.25) is 11.8 Å². The summed E-state index contributed by atoms with van der Waals surface area (Å²) < 4.78 is 0. The number of rotatable bonds is 8. The van der Waals surface area contributed by atoms with Crippen LogP contribution in [0.3, 0.4) is 0 Å². The van der Waals surface area contributed by atoms with E-state index in [1.165, 1.54) is 24.9 Å². The number of pyridine rings is 1. The average Bonchev–Trinajstić information content (AvgIpc) is 3.39. The molecule has 2 unspecified atom stereocenters. The molecule has 1 aromatic heterocycles. The summed E-state index contributed by atoms with van der Waals surface area (Å²) in [5.74, 6) is -0.316. The van der Waals surface area contributed by atoms with Crippen LogP contribution in [0.5, 0.6) is 0 Å². The zero-order chi connectivity index (χ0) is 22.7. The number of ketones is 1. The molecule has 1 aliphatic heterocycles. The lowest BCUT2D eigenvalue weighted by atomic mass is 10.1. The fourth-order valence-corrected chi connectivity index (χ4v) is 4.25. The number of anilines is 1. The van der Waals surface area contributed by atoms with Gasteiger partial charge in [-0.3, -0.25) is 24.8 Å². The van der Waals surface area contributed by atoms with Gasteiger partial charge in [-0.2, -0.15) is 0 Å². The highest BCUT2D eigenvalue weighted by Gasteiger charge is 2.42. The second kappa shape index (κ2) is 9.30. The lowest BCUT2D eigenvalue weighted by molar-refractivity contribution is -0.137. The summed E-state index contributed by atoms with van der Waals surface area (Å²) in [6.07, 6.45) is 5.32. The molecule has 2 fully saturated rings. The van der Waals surface area contributed by atoms with E-state index in [9.17, 15) is 14.4 Å². The number of aromatic nitrogens is 1. The van der Waals surface area contributed by atoms with Crippen LogP contribution in [-0.2, 0) is 14.4 Å². The minimum Gasteiger partial charge on any atom is -0.376 e. The van der Waals surface area contributed by atoms with E-state index in [0.717, 1.165) is 12.8 Å². The molecule has 1 aromatic carbocycles. The van der Waals surface area contributed by atoms with Gasteiger partial charge < -0.3 is 15.5 Å². The summed E-state index contributed by atoms with van der Waals surface area (Å²) >= 11 is 0. The number of nitrogens with zero attached hydrogens (tertiary/aromatic N) is 2. The molecule has 2 amide bonds. The zero-order valence-electron chi connectivity index (χ0n) is 18.0. The lowest BCUT2D eigenvalue weighted by Crippen LogP contribution is -2.48. The van der Waals surface area contributed by atoms with Gasteiger partial charge in [0, 0.05) is 49.1 Å². The van der Waals surface area contributed by atoms with Gasteiger partial charge in [0.25, 0.3) is 0 Å². The Morgan fingerprint density at radius 3 is 2.72 bits per heavy atom. The molecule has 3 N–H and O–H groups in total. The summed E-state index contributed by atoms with van der Waals surface area (Å²) in [5.41, 5.74) is 1.91. The molecule has 0 spiro atoms. The van der Waals surface area contributed by atoms with Crippen molar-refractivity contribution in [3.8, 4) is 0 Å². The summed E-state index contributed by atoms with van der Waals surface area (Å²) in [6.45, 7) is 1.83. The normalized spacial score (nSPS) is 21.7. The van der Waals surface area contributed by atoms with Crippen molar-refractivity contribution >= 4 is 29.0 Å². The number of carbonyl (C=O) groups excluding carboxylic acids is 3. The molecule has 1 saturated heterocycles. The number of Topliss-reactive ketones (excluding diaryl/α,β-unsaturated/α-hetero) is 1. The smallest absolute Gasteiger partial charge is 0.243 e. The Hall–Kier alpha value is -3.55. The second-order valence-electron chi connectivity index (χ2n) is 8.32. The largest absolute Gasteiger partial charge is 0.376 e. The van der Waals surface area contributed by atoms with Crippen LogP contribution in [0.2, 0.25) is 0 Å². The van der Waals surface area contributed by atoms with Gasteiger partial charge in [0.1, 0.15) is 11.8 Å². The van der Waals surface area contributed by atoms with Gasteiger partial charge in [-0.15, -0.1) is 0 Å². The van der Waals surface area contributed by atoms with E-state index in [2.05, 4.69) is 27.8 Å². The standard InChI is InChI=1S/C24H27N5O3/c1-15(30)23(25)18-13-26-10-9-19(18)27-14-22(31)29-11-5-8-21(29)24(32)28-20-12-17(20)16-6-3-2-4-7-16/h2-4,6-7,9-10,13,17,20-21,25H,5,8,11-12,14H2,1H3,(H,26,27)(H,28,32)/t17?,20?,21-/m0/s1. The van der Waals surface area contributed by atoms with Crippen LogP contribution in [0, 0.1) is 5.41 Å². The first-order chi connectivity index (χ1) is 15.5. The topological polar surface area (TPSA) is 115 Å². The molecule has 4 rings (SSSR count). The molecule has 0 bridgehead atoms. The number of carbonyl (C=O) groups is 3. The highest BCUT2D eigenvalue weighted by molar-refractivity contribution is 6.45. The zero-order valence-corrected chi connectivity index (χ0v) is 18.0. The quantitative estimate of drug-likeness (QED) is 0.552. The Morgan fingerprint density at radius 2 is 1.97 bits per heavy atom. The third-order valence-electron chi connectivity index (χ3n) is 6.09. The molecule has 166 valence electrons. The Kier molecular flexibility index (Phi) is 6.30. The van der Waals surface area contributed by atoms with Gasteiger partial charge in [-0.25, -0.2) is 0 Å². The van der Waals surface area contributed by atoms with Crippen LogP contribution in [-0.4, -0.2) is 58.4 Å². The van der Waals surface area contributed by atoms with Crippen LogP contribution in [0.15, 0.2) is 48.8 Å². The van der Waals surface area contributed by atoms with Gasteiger partial charge in [-0.05, 0) is 30.9 Å². The third-order valence-corrected chi connectivity index (χ3v) is 6.09. The van der Waals surface area contributed by atoms with Crippen LogP contribution >= 0.6 is 0 Å². The van der Waals surface area contributed by atoms with Crippen molar-refractivity contribution in [3.63, 3.8) is 0 Å². The van der Waals surface area contributed by atoms with Gasteiger partial charge in [-0.1, -0.05) is 30.3 Å². The predicted octanol–water partition coefficient (Wildman–Crippen LogP) is 2.11. The Labute approximate surface area is 186 Å². The Morgan fingerprint density at radius 1 is 1.19 bits per heavy atom. The van der Waals surface area contributed by atoms with E-state index in [-0.39, 0.29) is 35.9 Å². The molecule has 2 aromatic rings. The van der Waals surface area contributed by atoms with E-state index in [1.54, 1.807) is 11.0 Å². The number of likely N-dealkylation sites (tertiary alicyclic amines) is 1. The molecular weight excluding hydrogens is 406 g/mol. The van der Waals surface area contributed by atoms with Gasteiger partial charge >= 0.3 is 0 Å². The monoisotopic (exact) mass is 433 g/mol. The van der Waals surface area contributed by atoms with E-state index in [0.29, 0.717) is 30.1 Å². The summed E-state index contributed by atoms with van der Waals surface area (Å²) in [6, 6.07) is 11.4. The molecular formula is C24H27N5O3. The number of hydrogen-bond donors (Lipinski definition) is 3. The first-order valence-electron chi connectivity index (χ1n) is 10.9. The molecule has 3 atom stereocenters. The molecule has 8 nitrogen and oxygen atoms in total. The van der Waals surface area contributed by atoms with E-state index >= 15 is 0 Å². The van der Waals surface area contributed by atoms with Crippen molar-refractivity contribution in [1.82, 2.24) is 15.2 Å². The third kappa shape index (κ3) is 4.69. The Balaban J connectivity index is 1.34. The highest BCUT2D eigenvalue weighted by Crippen LogP contribution is 2.40. The van der Waals surface area contributed by atoms with Crippen molar-refractivity contribution in [3.05, 3.63) is 59.9 Å². The number of nitrogens with one attached hydrogen (secondary N) is 3. The van der Waals surface area contributed by atoms with Gasteiger partial charge in [0.05, 0.1) is 6.54 Å².